The van der Waals surface area contributed by atoms with Crippen LogP contribution in [0.3, 0.4) is 0 Å². The van der Waals surface area contributed by atoms with E-state index in [9.17, 15) is 0 Å². The lowest BCUT2D eigenvalue weighted by atomic mass is 10.2. The van der Waals surface area contributed by atoms with Gasteiger partial charge in [0.2, 0.25) is 0 Å². The Labute approximate surface area is 49.9 Å². The summed E-state index contributed by atoms with van der Waals surface area (Å²) in [5.41, 5.74) is 0. The Hall–Kier alpha value is -0.0800. The van der Waals surface area contributed by atoms with Gasteiger partial charge in [0.05, 0.1) is 0 Å². The van der Waals surface area contributed by atoms with Gasteiger partial charge in [-0.25, -0.2) is 0 Å². The van der Waals surface area contributed by atoms with E-state index in [1.54, 1.807) is 0 Å². The van der Waals surface area contributed by atoms with Crippen LogP contribution in [0.15, 0.2) is 0 Å². The Kier molecular flexibility index (Phi) is 1.86. The van der Waals surface area contributed by atoms with Crippen molar-refractivity contribution in [2.75, 3.05) is 6.61 Å². The number of hydrogen-bond donors (Lipinski definition) is 2. The molecule has 1 aliphatic rings. The zero-order chi connectivity index (χ0) is 5.98. The predicted molar refractivity (Wildman–Crippen MR) is 32.7 cm³/mol. The Bertz CT molecular complexity index is 74.9. The number of aliphatic hydroxyl groups excluding tert-OH is 1. The average Bonchev–Trinajstić information content (AvgIpc) is 2.48. The molecule has 48 valence electrons. The van der Waals surface area contributed by atoms with E-state index in [1.165, 1.54) is 6.42 Å². The van der Waals surface area contributed by atoms with Gasteiger partial charge < -0.3 is 10.4 Å². The van der Waals surface area contributed by atoms with Crippen molar-refractivity contribution in [2.45, 2.75) is 31.8 Å². The van der Waals surface area contributed by atoms with Crippen LogP contribution in [0.5, 0.6) is 0 Å². The van der Waals surface area contributed by atoms with Gasteiger partial charge in [0.1, 0.15) is 0 Å². The van der Waals surface area contributed by atoms with Gasteiger partial charge in [-0.15, -0.1) is 0 Å². The maximum atomic E-state index is 8.45. The van der Waals surface area contributed by atoms with Gasteiger partial charge >= 0.3 is 0 Å². The van der Waals surface area contributed by atoms with Crippen molar-refractivity contribution in [3.05, 3.63) is 0 Å². The average molecular weight is 115 g/mol. The maximum absolute atomic E-state index is 8.45. The monoisotopic (exact) mass is 115 g/mol. The van der Waals surface area contributed by atoms with Crippen molar-refractivity contribution >= 4 is 0 Å². The molecule has 2 atom stereocenters. The summed E-state index contributed by atoms with van der Waals surface area (Å²) in [7, 11) is 0. The highest BCUT2D eigenvalue weighted by atomic mass is 16.3. The SMILES string of the molecule is CCC1NC1CCO. The first-order chi connectivity index (χ1) is 3.88. The standard InChI is InChI=1S/C6H13NO/c1-2-5-6(7-5)3-4-8/h5-8H,2-4H2,1H3. The van der Waals surface area contributed by atoms with Crippen molar-refractivity contribution in [3.63, 3.8) is 0 Å². The number of rotatable bonds is 3. The molecule has 0 aliphatic carbocycles. The highest BCUT2D eigenvalue weighted by Gasteiger charge is 2.32. The minimum atomic E-state index is 0.328. The van der Waals surface area contributed by atoms with Crippen LogP contribution in [0.25, 0.3) is 0 Å². The first-order valence-corrected chi connectivity index (χ1v) is 3.25. The molecule has 0 bridgehead atoms. The van der Waals surface area contributed by atoms with E-state index >= 15 is 0 Å². The molecule has 0 spiro atoms. The molecule has 2 unspecified atom stereocenters. The van der Waals surface area contributed by atoms with E-state index in [4.69, 9.17) is 5.11 Å². The molecule has 0 aromatic carbocycles. The fourth-order valence-corrected chi connectivity index (χ4v) is 1.05. The topological polar surface area (TPSA) is 42.2 Å². The molecular weight excluding hydrogens is 102 g/mol. The van der Waals surface area contributed by atoms with Crippen LogP contribution < -0.4 is 5.32 Å². The van der Waals surface area contributed by atoms with Crippen LogP contribution in [0.1, 0.15) is 19.8 Å². The number of nitrogens with one attached hydrogen (secondary N) is 1. The Morgan fingerprint density at radius 2 is 2.25 bits per heavy atom. The van der Waals surface area contributed by atoms with Gasteiger partial charge in [0.15, 0.2) is 0 Å². The Morgan fingerprint density at radius 3 is 2.62 bits per heavy atom. The molecule has 1 rings (SSSR count). The van der Waals surface area contributed by atoms with E-state index in [2.05, 4.69) is 12.2 Å². The van der Waals surface area contributed by atoms with Crippen LogP contribution in [0.2, 0.25) is 0 Å². The molecule has 2 heteroatoms. The molecule has 1 heterocycles. The summed E-state index contributed by atoms with van der Waals surface area (Å²) in [6.45, 7) is 2.49. The van der Waals surface area contributed by atoms with Gasteiger partial charge in [0, 0.05) is 18.7 Å². The van der Waals surface area contributed by atoms with Gasteiger partial charge in [-0.2, -0.15) is 0 Å². The molecule has 1 aliphatic heterocycles. The predicted octanol–water partition coefficient (Wildman–Crippen LogP) is 0.119. The van der Waals surface area contributed by atoms with Crippen LogP contribution in [0, 0.1) is 0 Å². The second-order valence-corrected chi connectivity index (χ2v) is 2.30. The van der Waals surface area contributed by atoms with Gasteiger partial charge in [0.25, 0.3) is 0 Å². The van der Waals surface area contributed by atoms with Crippen LogP contribution in [0.4, 0.5) is 0 Å². The molecule has 8 heavy (non-hydrogen) atoms. The van der Waals surface area contributed by atoms with E-state index in [-0.39, 0.29) is 0 Å². The molecule has 0 saturated carbocycles. The maximum Gasteiger partial charge on any atom is 0.0446 e. The van der Waals surface area contributed by atoms with E-state index < -0.39 is 0 Å². The zero-order valence-electron chi connectivity index (χ0n) is 5.22. The minimum absolute atomic E-state index is 0.328. The van der Waals surface area contributed by atoms with Crippen LogP contribution in [-0.2, 0) is 0 Å². The first kappa shape index (κ1) is 6.05. The summed E-state index contributed by atoms with van der Waals surface area (Å²) in [5, 5.41) is 11.7. The van der Waals surface area contributed by atoms with Crippen molar-refractivity contribution in [3.8, 4) is 0 Å². The third kappa shape index (κ3) is 1.20. The second kappa shape index (κ2) is 2.46. The molecule has 2 nitrogen and oxygen atoms in total. The largest absolute Gasteiger partial charge is 0.396 e. The molecule has 0 amide bonds. The van der Waals surface area contributed by atoms with E-state index in [1.807, 2.05) is 0 Å². The zero-order valence-corrected chi connectivity index (χ0v) is 5.22. The second-order valence-electron chi connectivity index (χ2n) is 2.30. The molecule has 1 saturated heterocycles. The third-order valence-corrected chi connectivity index (χ3v) is 1.68. The number of hydrogen-bond acceptors (Lipinski definition) is 2. The highest BCUT2D eigenvalue weighted by Crippen LogP contribution is 2.16. The van der Waals surface area contributed by atoms with Gasteiger partial charge in [-0.1, -0.05) is 6.92 Å². The smallest absolute Gasteiger partial charge is 0.0446 e. The Morgan fingerprint density at radius 1 is 1.50 bits per heavy atom. The summed E-state index contributed by atoms with van der Waals surface area (Å²) in [5.74, 6) is 0. The third-order valence-electron chi connectivity index (χ3n) is 1.68. The highest BCUT2D eigenvalue weighted by molar-refractivity contribution is 4.96. The summed E-state index contributed by atoms with van der Waals surface area (Å²) >= 11 is 0. The van der Waals surface area contributed by atoms with Gasteiger partial charge in [-0.05, 0) is 12.8 Å². The van der Waals surface area contributed by atoms with Gasteiger partial charge in [-0.3, -0.25) is 0 Å². The molecular formula is C6H13NO. The molecule has 0 radical (unpaired) electrons. The lowest BCUT2D eigenvalue weighted by Gasteiger charge is -1.86. The molecule has 0 aromatic heterocycles. The number of aliphatic hydroxyl groups is 1. The summed E-state index contributed by atoms with van der Waals surface area (Å²) in [6, 6.07) is 1.34. The van der Waals surface area contributed by atoms with Crippen molar-refractivity contribution in [2.24, 2.45) is 0 Å². The molecule has 0 aromatic rings. The van der Waals surface area contributed by atoms with Crippen LogP contribution >= 0.6 is 0 Å². The van der Waals surface area contributed by atoms with Crippen molar-refractivity contribution in [1.82, 2.24) is 5.32 Å². The normalized spacial score (nSPS) is 35.2. The first-order valence-electron chi connectivity index (χ1n) is 3.25. The molecule has 1 fully saturated rings. The molecule has 2 N–H and O–H groups in total. The lowest BCUT2D eigenvalue weighted by molar-refractivity contribution is 0.286. The lowest BCUT2D eigenvalue weighted by Crippen LogP contribution is -1.95. The Balaban J connectivity index is 1.99. The summed E-state index contributed by atoms with van der Waals surface area (Å²) in [4.78, 5) is 0. The van der Waals surface area contributed by atoms with Crippen LogP contribution in [-0.4, -0.2) is 23.8 Å². The summed E-state index contributed by atoms with van der Waals surface area (Å²) in [6.07, 6.45) is 2.13. The minimum Gasteiger partial charge on any atom is -0.396 e. The van der Waals surface area contributed by atoms with E-state index in [0.29, 0.717) is 18.7 Å². The fourth-order valence-electron chi connectivity index (χ4n) is 1.05. The van der Waals surface area contributed by atoms with Crippen molar-refractivity contribution < 1.29 is 5.11 Å². The van der Waals surface area contributed by atoms with Crippen molar-refractivity contribution in [1.29, 1.82) is 0 Å². The van der Waals surface area contributed by atoms with E-state index in [0.717, 1.165) is 6.42 Å². The summed E-state index contributed by atoms with van der Waals surface area (Å²) < 4.78 is 0. The fraction of sp³-hybridized carbons (Fsp3) is 1.00. The quantitative estimate of drug-likeness (QED) is 0.513.